The molecular formula is C11H13N3O5S. The van der Waals surface area contributed by atoms with E-state index in [0.717, 1.165) is 0 Å². The van der Waals surface area contributed by atoms with Gasteiger partial charge < -0.3 is 15.2 Å². The van der Waals surface area contributed by atoms with Crippen molar-refractivity contribution >= 4 is 27.0 Å². The number of H-pyrrole nitrogens is 1. The Balaban J connectivity index is 2.37. The van der Waals surface area contributed by atoms with E-state index in [9.17, 15) is 13.2 Å². The fourth-order valence-corrected chi connectivity index (χ4v) is 3.15. The predicted molar refractivity (Wildman–Crippen MR) is 69.5 cm³/mol. The summed E-state index contributed by atoms with van der Waals surface area (Å²) < 4.78 is 26.4. The van der Waals surface area contributed by atoms with E-state index in [4.69, 9.17) is 10.2 Å². The molecule has 0 amide bonds. The van der Waals surface area contributed by atoms with E-state index < -0.39 is 28.6 Å². The van der Waals surface area contributed by atoms with Crippen molar-refractivity contribution < 1.29 is 23.4 Å². The molecular weight excluding hydrogens is 286 g/mol. The van der Waals surface area contributed by atoms with Gasteiger partial charge in [0.1, 0.15) is 16.6 Å². The highest BCUT2D eigenvalue weighted by Crippen LogP contribution is 2.20. The number of carboxylic acid groups (broad SMARTS) is 1. The number of pyridine rings is 1. The van der Waals surface area contributed by atoms with Crippen LogP contribution in [-0.2, 0) is 14.8 Å². The van der Waals surface area contributed by atoms with Gasteiger partial charge in [0, 0.05) is 24.4 Å². The molecule has 2 aromatic heterocycles. The van der Waals surface area contributed by atoms with Crippen LogP contribution in [0.1, 0.15) is 6.42 Å². The number of aromatic nitrogens is 2. The Morgan fingerprint density at radius 2 is 2.25 bits per heavy atom. The largest absolute Gasteiger partial charge is 0.480 e. The Labute approximate surface area is 114 Å². The fraction of sp³-hybridized carbons (Fsp3) is 0.273. The molecule has 0 aliphatic rings. The number of aliphatic hydroxyl groups excluding tert-OH is 1. The number of nitrogens with zero attached hydrogens (tertiary/aromatic N) is 1. The second-order valence-corrected chi connectivity index (χ2v) is 5.76. The number of hydrogen-bond donors (Lipinski definition) is 4. The molecule has 0 saturated carbocycles. The van der Waals surface area contributed by atoms with E-state index >= 15 is 0 Å². The third-order valence-corrected chi connectivity index (χ3v) is 4.23. The number of aromatic amines is 1. The first-order valence-corrected chi connectivity index (χ1v) is 7.22. The number of nitrogens with one attached hydrogen (secondary N) is 2. The van der Waals surface area contributed by atoms with Crippen molar-refractivity contribution in [2.24, 2.45) is 0 Å². The van der Waals surface area contributed by atoms with Crippen molar-refractivity contribution in [1.29, 1.82) is 0 Å². The first-order chi connectivity index (χ1) is 9.45. The van der Waals surface area contributed by atoms with Gasteiger partial charge in [0.05, 0.1) is 0 Å². The van der Waals surface area contributed by atoms with E-state index in [-0.39, 0.29) is 11.3 Å². The van der Waals surface area contributed by atoms with E-state index in [1.807, 2.05) is 0 Å². The quantitative estimate of drug-likeness (QED) is 0.577. The van der Waals surface area contributed by atoms with Crippen LogP contribution in [0.25, 0.3) is 11.0 Å². The van der Waals surface area contributed by atoms with Crippen molar-refractivity contribution in [3.05, 3.63) is 24.5 Å². The number of aliphatic hydroxyl groups is 1. The molecule has 0 spiro atoms. The van der Waals surface area contributed by atoms with Crippen molar-refractivity contribution in [3.8, 4) is 0 Å². The molecule has 20 heavy (non-hydrogen) atoms. The van der Waals surface area contributed by atoms with Gasteiger partial charge in [-0.1, -0.05) is 0 Å². The highest BCUT2D eigenvalue weighted by atomic mass is 32.2. The molecule has 0 aliphatic heterocycles. The Bertz CT molecular complexity index is 724. The summed E-state index contributed by atoms with van der Waals surface area (Å²) in [7, 11) is -4.02. The van der Waals surface area contributed by atoms with Crippen LogP contribution in [0.15, 0.2) is 29.4 Å². The van der Waals surface area contributed by atoms with Crippen LogP contribution >= 0.6 is 0 Å². The zero-order chi connectivity index (χ0) is 14.8. The number of fused-ring (bicyclic) bond motifs is 1. The number of aliphatic carboxylic acids is 1. The summed E-state index contributed by atoms with van der Waals surface area (Å²) in [5.41, 5.74) is 0.391. The lowest BCUT2D eigenvalue weighted by Crippen LogP contribution is -2.41. The summed E-state index contributed by atoms with van der Waals surface area (Å²) in [6.45, 7) is -0.436. The lowest BCUT2D eigenvalue weighted by atomic mass is 10.2. The van der Waals surface area contributed by atoms with E-state index in [1.54, 1.807) is 12.1 Å². The molecule has 2 heterocycles. The van der Waals surface area contributed by atoms with Crippen LogP contribution < -0.4 is 4.72 Å². The summed E-state index contributed by atoms with van der Waals surface area (Å²) in [5, 5.41) is 18.1. The Hall–Kier alpha value is -1.97. The third kappa shape index (κ3) is 2.79. The lowest BCUT2D eigenvalue weighted by molar-refractivity contribution is -0.139. The van der Waals surface area contributed by atoms with Gasteiger partial charge in [-0.05, 0) is 18.6 Å². The van der Waals surface area contributed by atoms with Gasteiger partial charge in [-0.2, -0.15) is 4.72 Å². The molecule has 0 fully saturated rings. The average molecular weight is 299 g/mol. The zero-order valence-electron chi connectivity index (χ0n) is 10.3. The molecule has 0 radical (unpaired) electrons. The van der Waals surface area contributed by atoms with Crippen LogP contribution in [0.2, 0.25) is 0 Å². The molecule has 0 aromatic carbocycles. The molecule has 0 aliphatic carbocycles. The Morgan fingerprint density at radius 3 is 2.90 bits per heavy atom. The number of carboxylic acids is 1. The summed E-state index contributed by atoms with van der Waals surface area (Å²) in [6.07, 6.45) is 2.54. The molecule has 8 nitrogen and oxygen atoms in total. The highest BCUT2D eigenvalue weighted by Gasteiger charge is 2.27. The SMILES string of the molecule is O=C(O)[C@@H](CCO)NS(=O)(=O)c1c[nH]c2ncccc12. The Morgan fingerprint density at radius 1 is 1.50 bits per heavy atom. The van der Waals surface area contributed by atoms with Gasteiger partial charge >= 0.3 is 5.97 Å². The number of carbonyl (C=O) groups is 1. The molecule has 0 unspecified atom stereocenters. The molecule has 2 rings (SSSR count). The molecule has 4 N–H and O–H groups in total. The van der Waals surface area contributed by atoms with Crippen LogP contribution in [0.3, 0.4) is 0 Å². The lowest BCUT2D eigenvalue weighted by Gasteiger charge is -2.12. The van der Waals surface area contributed by atoms with Crippen LogP contribution in [-0.4, -0.2) is 47.2 Å². The smallest absolute Gasteiger partial charge is 0.321 e. The number of hydrogen-bond acceptors (Lipinski definition) is 5. The van der Waals surface area contributed by atoms with E-state index in [0.29, 0.717) is 11.0 Å². The molecule has 0 saturated heterocycles. The first kappa shape index (κ1) is 14.4. The minimum absolute atomic E-state index is 0.0789. The van der Waals surface area contributed by atoms with Crippen molar-refractivity contribution in [2.75, 3.05) is 6.61 Å². The van der Waals surface area contributed by atoms with Gasteiger partial charge in [-0.15, -0.1) is 0 Å². The molecule has 9 heteroatoms. The minimum Gasteiger partial charge on any atom is -0.480 e. The maximum absolute atomic E-state index is 12.2. The van der Waals surface area contributed by atoms with Crippen LogP contribution in [0, 0.1) is 0 Å². The predicted octanol–water partition coefficient (Wildman–Crippen LogP) is -0.323. The van der Waals surface area contributed by atoms with Crippen molar-refractivity contribution in [2.45, 2.75) is 17.4 Å². The van der Waals surface area contributed by atoms with E-state index in [1.165, 1.54) is 12.4 Å². The van der Waals surface area contributed by atoms with Crippen molar-refractivity contribution in [3.63, 3.8) is 0 Å². The second-order valence-electron chi connectivity index (χ2n) is 4.08. The van der Waals surface area contributed by atoms with Crippen LogP contribution in [0.5, 0.6) is 0 Å². The maximum Gasteiger partial charge on any atom is 0.321 e. The molecule has 0 bridgehead atoms. The van der Waals surface area contributed by atoms with Gasteiger partial charge in [-0.25, -0.2) is 13.4 Å². The molecule has 2 aromatic rings. The highest BCUT2D eigenvalue weighted by molar-refractivity contribution is 7.89. The summed E-state index contributed by atoms with van der Waals surface area (Å²) >= 11 is 0. The van der Waals surface area contributed by atoms with Crippen LogP contribution in [0.4, 0.5) is 0 Å². The minimum atomic E-state index is -4.02. The third-order valence-electron chi connectivity index (χ3n) is 2.72. The topological polar surface area (TPSA) is 132 Å². The first-order valence-electron chi connectivity index (χ1n) is 5.74. The van der Waals surface area contributed by atoms with Gasteiger partial charge in [0.15, 0.2) is 0 Å². The Kier molecular flexibility index (Phi) is 4.02. The normalized spacial score (nSPS) is 13.4. The van der Waals surface area contributed by atoms with Gasteiger partial charge in [-0.3, -0.25) is 4.79 Å². The standard InChI is InChI=1S/C11H13N3O5S/c15-5-3-8(11(16)17)14-20(18,19)9-6-13-10-7(9)2-1-4-12-10/h1-2,4,6,8,14-15H,3,5H2,(H,12,13)(H,16,17)/t8-/m1/s1. The van der Waals surface area contributed by atoms with Crippen molar-refractivity contribution in [1.82, 2.24) is 14.7 Å². The molecule has 108 valence electrons. The monoisotopic (exact) mass is 299 g/mol. The average Bonchev–Trinajstić information content (AvgIpc) is 2.82. The summed E-state index contributed by atoms with van der Waals surface area (Å²) in [5.74, 6) is -1.35. The van der Waals surface area contributed by atoms with E-state index in [2.05, 4.69) is 14.7 Å². The van der Waals surface area contributed by atoms with Gasteiger partial charge in [0.2, 0.25) is 10.0 Å². The molecule has 1 atom stereocenters. The number of sulfonamides is 1. The number of rotatable bonds is 6. The summed E-state index contributed by atoms with van der Waals surface area (Å²) in [4.78, 5) is 17.5. The maximum atomic E-state index is 12.2. The fourth-order valence-electron chi connectivity index (χ4n) is 1.77. The second kappa shape index (κ2) is 5.57. The zero-order valence-corrected chi connectivity index (χ0v) is 11.1. The van der Waals surface area contributed by atoms with Gasteiger partial charge in [0.25, 0.3) is 0 Å². The summed E-state index contributed by atoms with van der Waals surface area (Å²) in [6, 6.07) is 1.76.